The molecule has 0 spiro atoms. The molecule has 7 heteroatoms. The number of carboxylic acid groups (broad SMARTS) is 1. The number of halogens is 1. The monoisotopic (exact) mass is 231 g/mol. The van der Waals surface area contributed by atoms with E-state index in [1.165, 1.54) is 7.11 Å². The van der Waals surface area contributed by atoms with E-state index in [-0.39, 0.29) is 22.0 Å². The van der Waals surface area contributed by atoms with Crippen molar-refractivity contribution in [1.82, 2.24) is 0 Å². The summed E-state index contributed by atoms with van der Waals surface area (Å²) in [6, 6.07) is 1.96. The van der Waals surface area contributed by atoms with Crippen molar-refractivity contribution in [3.63, 3.8) is 0 Å². The molecule has 0 fully saturated rings. The molecule has 0 unspecified atom stereocenters. The maximum absolute atomic E-state index is 10.7. The Labute approximate surface area is 89.2 Å². The maximum Gasteiger partial charge on any atom is 0.337 e. The molecule has 15 heavy (non-hydrogen) atoms. The average Bonchev–Trinajstić information content (AvgIpc) is 2.16. The number of carbonyl (C=O) groups is 1. The van der Waals surface area contributed by atoms with Crippen LogP contribution in [0.3, 0.4) is 0 Å². The summed E-state index contributed by atoms with van der Waals surface area (Å²) in [6.07, 6.45) is 0. The molecule has 0 bridgehead atoms. The van der Waals surface area contributed by atoms with Gasteiger partial charge in [-0.3, -0.25) is 10.1 Å². The Kier molecular flexibility index (Phi) is 3.11. The first kappa shape index (κ1) is 11.3. The lowest BCUT2D eigenvalue weighted by Crippen LogP contribution is -2.01. The third-order valence-corrected chi connectivity index (χ3v) is 2.01. The predicted octanol–water partition coefficient (Wildman–Crippen LogP) is 1.96. The van der Waals surface area contributed by atoms with Crippen LogP contribution in [0.1, 0.15) is 10.4 Å². The van der Waals surface area contributed by atoms with Crippen LogP contribution in [-0.4, -0.2) is 23.1 Å². The molecule has 0 aromatic heterocycles. The first-order valence-corrected chi connectivity index (χ1v) is 4.10. The van der Waals surface area contributed by atoms with E-state index in [2.05, 4.69) is 4.74 Å². The van der Waals surface area contributed by atoms with Gasteiger partial charge in [0.2, 0.25) is 0 Å². The van der Waals surface area contributed by atoms with Crippen LogP contribution in [0, 0.1) is 10.1 Å². The van der Waals surface area contributed by atoms with Gasteiger partial charge in [-0.05, 0) is 0 Å². The van der Waals surface area contributed by atoms with E-state index in [1.807, 2.05) is 0 Å². The number of carboxylic acids is 1. The van der Waals surface area contributed by atoms with E-state index in [0.29, 0.717) is 0 Å². The zero-order chi connectivity index (χ0) is 11.6. The Morgan fingerprint density at radius 2 is 2.20 bits per heavy atom. The average molecular weight is 232 g/mol. The summed E-state index contributed by atoms with van der Waals surface area (Å²) in [5, 5.41) is 19.0. The molecule has 1 aromatic carbocycles. The number of aromatic carboxylic acids is 1. The normalized spacial score (nSPS) is 9.73. The van der Waals surface area contributed by atoms with Gasteiger partial charge in [0.1, 0.15) is 0 Å². The van der Waals surface area contributed by atoms with E-state index < -0.39 is 10.9 Å². The highest BCUT2D eigenvalue weighted by Crippen LogP contribution is 2.32. The van der Waals surface area contributed by atoms with Gasteiger partial charge in [0.25, 0.3) is 0 Å². The third kappa shape index (κ3) is 2.16. The summed E-state index contributed by atoms with van der Waals surface area (Å²) in [4.78, 5) is 20.5. The Hall–Kier alpha value is -1.82. The highest BCUT2D eigenvalue weighted by atomic mass is 35.5. The fourth-order valence-electron chi connectivity index (χ4n) is 1.01. The SMILES string of the molecule is COc1cc(C(=O)O)c(Cl)cc1[N+](=O)[O-]. The molecule has 6 nitrogen and oxygen atoms in total. The van der Waals surface area contributed by atoms with Gasteiger partial charge in [-0.15, -0.1) is 0 Å². The van der Waals surface area contributed by atoms with Crippen molar-refractivity contribution in [2.45, 2.75) is 0 Å². The van der Waals surface area contributed by atoms with Crippen molar-refractivity contribution in [3.05, 3.63) is 32.8 Å². The van der Waals surface area contributed by atoms with E-state index >= 15 is 0 Å². The van der Waals surface area contributed by atoms with Crippen LogP contribution < -0.4 is 4.74 Å². The second-order valence-electron chi connectivity index (χ2n) is 2.57. The highest BCUT2D eigenvalue weighted by molar-refractivity contribution is 6.33. The second-order valence-corrected chi connectivity index (χ2v) is 2.97. The van der Waals surface area contributed by atoms with Crippen LogP contribution in [0.15, 0.2) is 12.1 Å². The third-order valence-electron chi connectivity index (χ3n) is 1.70. The summed E-state index contributed by atoms with van der Waals surface area (Å²) in [7, 11) is 1.21. The summed E-state index contributed by atoms with van der Waals surface area (Å²) >= 11 is 5.56. The van der Waals surface area contributed by atoms with E-state index in [4.69, 9.17) is 16.7 Å². The molecule has 1 aromatic rings. The number of benzene rings is 1. The molecule has 1 rings (SSSR count). The highest BCUT2D eigenvalue weighted by Gasteiger charge is 2.20. The van der Waals surface area contributed by atoms with Crippen LogP contribution in [0.5, 0.6) is 5.75 Å². The molecule has 0 aliphatic rings. The Morgan fingerprint density at radius 1 is 1.60 bits per heavy atom. The maximum atomic E-state index is 10.7. The zero-order valence-electron chi connectivity index (χ0n) is 7.56. The van der Waals surface area contributed by atoms with E-state index in [0.717, 1.165) is 12.1 Å². The van der Waals surface area contributed by atoms with Crippen LogP contribution in [0.2, 0.25) is 5.02 Å². The van der Waals surface area contributed by atoms with E-state index in [1.54, 1.807) is 0 Å². The predicted molar refractivity (Wildman–Crippen MR) is 51.6 cm³/mol. The molecule has 1 N–H and O–H groups in total. The molecular formula is C8H6ClNO5. The lowest BCUT2D eigenvalue weighted by Gasteiger charge is -2.04. The summed E-state index contributed by atoms with van der Waals surface area (Å²) < 4.78 is 4.69. The molecule has 0 atom stereocenters. The van der Waals surface area contributed by atoms with E-state index in [9.17, 15) is 14.9 Å². The number of ether oxygens (including phenoxy) is 1. The van der Waals surface area contributed by atoms with Gasteiger partial charge in [0.15, 0.2) is 5.75 Å². The van der Waals surface area contributed by atoms with Crippen molar-refractivity contribution < 1.29 is 19.6 Å². The smallest absolute Gasteiger partial charge is 0.337 e. The fourth-order valence-corrected chi connectivity index (χ4v) is 1.25. The number of nitro benzene ring substituents is 1. The molecule has 0 aliphatic heterocycles. The summed E-state index contributed by atoms with van der Waals surface area (Å²) in [5.41, 5.74) is -0.605. The molecular weight excluding hydrogens is 226 g/mol. The Bertz CT molecular complexity index is 431. The molecule has 0 radical (unpaired) electrons. The number of nitrogens with zero attached hydrogens (tertiary/aromatic N) is 1. The Balaban J connectivity index is 3.42. The van der Waals surface area contributed by atoms with Gasteiger partial charge in [0.05, 0.1) is 22.6 Å². The molecule has 0 heterocycles. The van der Waals surface area contributed by atoms with Gasteiger partial charge in [-0.2, -0.15) is 0 Å². The molecule has 0 saturated heterocycles. The lowest BCUT2D eigenvalue weighted by atomic mass is 10.2. The minimum absolute atomic E-state index is 0.137. The zero-order valence-corrected chi connectivity index (χ0v) is 8.32. The van der Waals surface area contributed by atoms with Crippen molar-refractivity contribution >= 4 is 23.3 Å². The quantitative estimate of drug-likeness (QED) is 0.634. The topological polar surface area (TPSA) is 89.7 Å². The molecule has 0 aliphatic carbocycles. The van der Waals surface area contributed by atoms with Crippen molar-refractivity contribution in [1.29, 1.82) is 0 Å². The van der Waals surface area contributed by atoms with Crippen molar-refractivity contribution in [2.75, 3.05) is 7.11 Å². The van der Waals surface area contributed by atoms with Gasteiger partial charge < -0.3 is 9.84 Å². The molecule has 0 saturated carbocycles. The molecule has 0 amide bonds. The minimum Gasteiger partial charge on any atom is -0.490 e. The first-order chi connectivity index (χ1) is 6.97. The largest absolute Gasteiger partial charge is 0.490 e. The lowest BCUT2D eigenvalue weighted by molar-refractivity contribution is -0.385. The van der Waals surface area contributed by atoms with Gasteiger partial charge in [-0.25, -0.2) is 4.79 Å². The van der Waals surface area contributed by atoms with Gasteiger partial charge in [-0.1, -0.05) is 11.6 Å². The number of methoxy groups -OCH3 is 1. The van der Waals surface area contributed by atoms with Crippen molar-refractivity contribution in [3.8, 4) is 5.75 Å². The van der Waals surface area contributed by atoms with Crippen LogP contribution in [0.25, 0.3) is 0 Å². The second kappa shape index (κ2) is 4.14. The standard InChI is InChI=1S/C8H6ClNO5/c1-15-7-2-4(8(11)12)5(9)3-6(7)10(13)14/h2-3H,1H3,(H,11,12). The number of nitro groups is 1. The minimum atomic E-state index is -1.27. The van der Waals surface area contributed by atoms with Crippen LogP contribution in [-0.2, 0) is 0 Å². The van der Waals surface area contributed by atoms with Crippen LogP contribution in [0.4, 0.5) is 5.69 Å². The summed E-state index contributed by atoms with van der Waals surface area (Å²) in [6.45, 7) is 0. The van der Waals surface area contributed by atoms with Gasteiger partial charge in [0, 0.05) is 12.1 Å². The number of rotatable bonds is 3. The van der Waals surface area contributed by atoms with Crippen LogP contribution >= 0.6 is 11.6 Å². The number of hydrogen-bond donors (Lipinski definition) is 1. The van der Waals surface area contributed by atoms with Crippen molar-refractivity contribution in [2.24, 2.45) is 0 Å². The van der Waals surface area contributed by atoms with Gasteiger partial charge >= 0.3 is 11.7 Å². The summed E-state index contributed by atoms with van der Waals surface area (Å²) in [5.74, 6) is -1.41. The fraction of sp³-hybridized carbons (Fsp3) is 0.125. The Morgan fingerprint density at radius 3 is 2.60 bits per heavy atom. The first-order valence-electron chi connectivity index (χ1n) is 3.72. The number of hydrogen-bond acceptors (Lipinski definition) is 4. The molecule has 80 valence electrons.